The summed E-state index contributed by atoms with van der Waals surface area (Å²) in [4.78, 5) is 12.0. The van der Waals surface area contributed by atoms with E-state index in [-0.39, 0.29) is 26.5 Å². The Morgan fingerprint density at radius 3 is 2.19 bits per heavy atom. The van der Waals surface area contributed by atoms with Crippen LogP contribution >= 0.6 is 0 Å². The quantitative estimate of drug-likeness (QED) is 0.131. The number of nitrogens with zero attached hydrogens (tertiary/aromatic N) is 5. The van der Waals surface area contributed by atoms with Crippen molar-refractivity contribution in [3.05, 3.63) is 175 Å². The Kier molecular flexibility index (Phi) is 7.30. The molecule has 0 unspecified atom stereocenters. The largest absolute Gasteiger partial charge is 2.00 e. The van der Waals surface area contributed by atoms with E-state index in [1.54, 1.807) is 0 Å². The molecule has 0 saturated heterocycles. The second-order valence-corrected chi connectivity index (χ2v) is 14.1. The first kappa shape index (κ1) is 32.4. The summed E-state index contributed by atoms with van der Waals surface area (Å²) in [6.07, 6.45) is 5.70. The molecule has 1 aliphatic heterocycles. The van der Waals surface area contributed by atoms with Crippen LogP contribution in [0.2, 0.25) is 0 Å². The molecule has 0 N–H and O–H groups in total. The summed E-state index contributed by atoms with van der Waals surface area (Å²) in [6.45, 7) is 4.59. The van der Waals surface area contributed by atoms with Gasteiger partial charge in [-0.15, -0.1) is 30.3 Å². The van der Waals surface area contributed by atoms with E-state index in [1.165, 1.54) is 16.3 Å². The third-order valence-electron chi connectivity index (χ3n) is 10.8. The van der Waals surface area contributed by atoms with Crippen molar-refractivity contribution < 1.29 is 25.8 Å². The number of anilines is 3. The van der Waals surface area contributed by atoms with Crippen molar-refractivity contribution >= 4 is 66.3 Å². The van der Waals surface area contributed by atoms with Gasteiger partial charge in [0.25, 0.3) is 0 Å². The van der Waals surface area contributed by atoms with Gasteiger partial charge in [-0.2, -0.15) is 6.07 Å². The Morgan fingerprint density at radius 1 is 0.593 bits per heavy atom. The normalized spacial score (nSPS) is 13.3. The SMILES string of the molecule is CC1(C)c2cccnc2N(c2[c-]c(Oc3[c-]c4c(cc3)c3ccccc3n3ccnc43)ccc2)c2c1ccc1c3ccccc3n(-c3ccccc3)c21.[Pt+2]. The summed E-state index contributed by atoms with van der Waals surface area (Å²) in [5, 5.41) is 5.51. The van der Waals surface area contributed by atoms with Crippen molar-refractivity contribution in [1.29, 1.82) is 0 Å². The van der Waals surface area contributed by atoms with Gasteiger partial charge in [-0.25, -0.2) is 4.98 Å². The molecule has 7 heteroatoms. The molecule has 1 aliphatic rings. The van der Waals surface area contributed by atoms with Gasteiger partial charge in [0, 0.05) is 63.0 Å². The number of aromatic nitrogens is 4. The third-order valence-corrected chi connectivity index (χ3v) is 10.8. The van der Waals surface area contributed by atoms with Gasteiger partial charge in [0.2, 0.25) is 0 Å². The van der Waals surface area contributed by atoms with Crippen LogP contribution in [0.1, 0.15) is 25.0 Å². The molecule has 54 heavy (non-hydrogen) atoms. The van der Waals surface area contributed by atoms with E-state index < -0.39 is 0 Å². The first-order valence-electron chi connectivity index (χ1n) is 17.8. The van der Waals surface area contributed by atoms with E-state index >= 15 is 0 Å². The fourth-order valence-electron chi connectivity index (χ4n) is 8.44. The maximum Gasteiger partial charge on any atom is 2.00 e. The third kappa shape index (κ3) is 4.63. The fraction of sp³-hybridized carbons (Fsp3) is 0.0638. The molecule has 0 amide bonds. The molecule has 0 bridgehead atoms. The van der Waals surface area contributed by atoms with Gasteiger partial charge < -0.3 is 18.6 Å². The van der Waals surface area contributed by atoms with Gasteiger partial charge in [0.15, 0.2) is 0 Å². The second-order valence-electron chi connectivity index (χ2n) is 14.1. The number of hydrogen-bond acceptors (Lipinski definition) is 4. The second kappa shape index (κ2) is 12.2. The molecule has 0 radical (unpaired) electrons. The van der Waals surface area contributed by atoms with Gasteiger partial charge >= 0.3 is 21.1 Å². The Balaban J connectivity index is 0.00000361. The topological polar surface area (TPSA) is 47.6 Å². The summed E-state index contributed by atoms with van der Waals surface area (Å²) in [6, 6.07) is 53.8. The van der Waals surface area contributed by atoms with Crippen molar-refractivity contribution in [2.75, 3.05) is 4.90 Å². The number of imidazole rings is 1. The zero-order chi connectivity index (χ0) is 35.3. The summed E-state index contributed by atoms with van der Waals surface area (Å²) >= 11 is 0. The number of para-hydroxylation sites is 3. The molecule has 6 nitrogen and oxygen atoms in total. The fourth-order valence-corrected chi connectivity index (χ4v) is 8.44. The molecule has 5 heterocycles. The number of fused-ring (bicyclic) bond motifs is 12. The summed E-state index contributed by atoms with van der Waals surface area (Å²) in [5.74, 6) is 2.05. The zero-order valence-corrected chi connectivity index (χ0v) is 31.7. The van der Waals surface area contributed by atoms with Gasteiger partial charge in [-0.1, -0.05) is 109 Å². The van der Waals surface area contributed by atoms with E-state index in [0.29, 0.717) is 11.5 Å². The molecule has 0 fully saturated rings. The molecule has 6 aromatic carbocycles. The van der Waals surface area contributed by atoms with Crippen molar-refractivity contribution in [2.24, 2.45) is 0 Å². The van der Waals surface area contributed by atoms with Crippen molar-refractivity contribution in [2.45, 2.75) is 19.3 Å². The number of rotatable bonds is 4. The molecule has 11 rings (SSSR count). The molecule has 4 aromatic heterocycles. The van der Waals surface area contributed by atoms with E-state index in [1.807, 2.05) is 42.9 Å². The van der Waals surface area contributed by atoms with Crippen LogP contribution in [0.15, 0.2) is 152 Å². The van der Waals surface area contributed by atoms with Crippen LogP contribution in [0.3, 0.4) is 0 Å². The van der Waals surface area contributed by atoms with Crippen LogP contribution in [-0.2, 0) is 26.5 Å². The zero-order valence-electron chi connectivity index (χ0n) is 29.4. The standard InChI is InChI=1S/C47H31N5O.Pt/c1-47(2)39-24-23-37-36-17-7-9-20-42(36)51(30-12-4-3-5-13-30)43(37)44(39)52(46-40(47)18-11-25-48-46)31-14-10-15-32(28-31)53-33-21-22-34-35-16-6-8-19-41(35)50-27-26-49-45(50)38(34)29-33;/h3-27H,1-2H3;/q-2;+2. The summed E-state index contributed by atoms with van der Waals surface area (Å²) in [5.41, 5.74) is 9.28. The summed E-state index contributed by atoms with van der Waals surface area (Å²) < 4.78 is 11.1. The number of pyridine rings is 2. The van der Waals surface area contributed by atoms with Crippen LogP contribution in [0.25, 0.3) is 54.8 Å². The van der Waals surface area contributed by atoms with Gasteiger partial charge in [-0.3, -0.25) is 4.98 Å². The minimum Gasteiger partial charge on any atom is -0.503 e. The Hall–Kier alpha value is -6.23. The first-order valence-corrected chi connectivity index (χ1v) is 17.8. The van der Waals surface area contributed by atoms with Crippen LogP contribution in [-0.4, -0.2) is 18.9 Å². The van der Waals surface area contributed by atoms with Crippen molar-refractivity contribution in [3.63, 3.8) is 0 Å². The Labute approximate surface area is 326 Å². The molecule has 10 aromatic rings. The molecule has 0 saturated carbocycles. The van der Waals surface area contributed by atoms with Gasteiger partial charge in [0.1, 0.15) is 5.82 Å². The predicted octanol–water partition coefficient (Wildman–Crippen LogP) is 11.6. The summed E-state index contributed by atoms with van der Waals surface area (Å²) in [7, 11) is 0. The van der Waals surface area contributed by atoms with Crippen molar-refractivity contribution in [3.8, 4) is 17.2 Å². The maximum absolute atomic E-state index is 6.60. The minimum atomic E-state index is -0.321. The molecule has 0 atom stereocenters. The van der Waals surface area contributed by atoms with Crippen LogP contribution < -0.4 is 9.64 Å². The van der Waals surface area contributed by atoms with Crippen LogP contribution in [0.5, 0.6) is 11.5 Å². The van der Waals surface area contributed by atoms with Crippen LogP contribution in [0, 0.1) is 12.1 Å². The average molecular weight is 877 g/mol. The minimum absolute atomic E-state index is 0. The Bertz CT molecular complexity index is 3090. The number of benzene rings is 6. The van der Waals surface area contributed by atoms with Gasteiger partial charge in [0.05, 0.1) is 22.4 Å². The Morgan fingerprint density at radius 2 is 1.33 bits per heavy atom. The average Bonchev–Trinajstić information content (AvgIpc) is 3.83. The molecular weight excluding hydrogens is 846 g/mol. The number of ether oxygens (including phenoxy) is 1. The molecular formula is C47H31N5OPt. The number of hydrogen-bond donors (Lipinski definition) is 0. The van der Waals surface area contributed by atoms with Crippen molar-refractivity contribution in [1.82, 2.24) is 18.9 Å². The smallest absolute Gasteiger partial charge is 0.503 e. The first-order chi connectivity index (χ1) is 26.1. The van der Waals surface area contributed by atoms with Crippen LogP contribution in [0.4, 0.5) is 17.2 Å². The van der Waals surface area contributed by atoms with E-state index in [2.05, 4.69) is 149 Å². The van der Waals surface area contributed by atoms with E-state index in [9.17, 15) is 0 Å². The van der Waals surface area contributed by atoms with E-state index in [0.717, 1.165) is 66.8 Å². The predicted molar refractivity (Wildman–Crippen MR) is 213 cm³/mol. The van der Waals surface area contributed by atoms with Gasteiger partial charge in [-0.05, 0) is 41.3 Å². The molecule has 0 aliphatic carbocycles. The molecule has 0 spiro atoms. The molecule has 260 valence electrons. The monoisotopic (exact) mass is 876 g/mol. The maximum atomic E-state index is 6.60. The van der Waals surface area contributed by atoms with E-state index in [4.69, 9.17) is 14.7 Å².